The molecule has 1 aliphatic heterocycles. The van der Waals surface area contributed by atoms with Gasteiger partial charge in [0, 0.05) is 0 Å². The van der Waals surface area contributed by atoms with Crippen LogP contribution in [-0.4, -0.2) is 20.1 Å². The van der Waals surface area contributed by atoms with Crippen LogP contribution in [0.15, 0.2) is 23.1 Å². The predicted octanol–water partition coefficient (Wildman–Crippen LogP) is 1.58. The van der Waals surface area contributed by atoms with Crippen LogP contribution >= 0.6 is 0 Å². The molecule has 1 aliphatic rings. The van der Waals surface area contributed by atoms with Gasteiger partial charge in [-0.15, -0.1) is 0 Å². The van der Waals surface area contributed by atoms with E-state index in [1.54, 1.807) is 0 Å². The van der Waals surface area contributed by atoms with Crippen molar-refractivity contribution >= 4 is 21.4 Å². The Morgan fingerprint density at radius 2 is 2.00 bits per heavy atom. The molecule has 17 heavy (non-hydrogen) atoms. The fourth-order valence-electron chi connectivity index (χ4n) is 1.79. The minimum atomic E-state index is -3.66. The molecule has 6 heteroatoms. The fraction of sp³-hybridized carbons (Fsp3) is 0.364. The first-order valence-corrected chi connectivity index (χ1v) is 6.72. The van der Waals surface area contributed by atoms with Gasteiger partial charge in [0.05, 0.1) is 21.8 Å². The van der Waals surface area contributed by atoms with Crippen LogP contribution in [0.5, 0.6) is 0 Å². The van der Waals surface area contributed by atoms with Gasteiger partial charge in [-0.1, -0.05) is 19.9 Å². The van der Waals surface area contributed by atoms with E-state index in [-0.39, 0.29) is 16.3 Å². The van der Waals surface area contributed by atoms with E-state index < -0.39 is 27.0 Å². The van der Waals surface area contributed by atoms with Crippen LogP contribution in [0.1, 0.15) is 13.8 Å². The molecule has 0 spiro atoms. The van der Waals surface area contributed by atoms with Crippen LogP contribution in [0.4, 0.5) is 10.1 Å². The molecule has 0 bridgehead atoms. The number of amides is 1. The van der Waals surface area contributed by atoms with E-state index in [1.807, 2.05) is 0 Å². The summed E-state index contributed by atoms with van der Waals surface area (Å²) >= 11 is 0. The van der Waals surface area contributed by atoms with E-state index in [2.05, 4.69) is 5.32 Å². The lowest BCUT2D eigenvalue weighted by Crippen LogP contribution is -2.34. The lowest BCUT2D eigenvalue weighted by atomic mass is 9.95. The van der Waals surface area contributed by atoms with E-state index in [9.17, 15) is 17.6 Å². The zero-order valence-electron chi connectivity index (χ0n) is 9.45. The highest BCUT2D eigenvalue weighted by Gasteiger charge is 2.39. The number of carbonyl (C=O) groups is 1. The van der Waals surface area contributed by atoms with Gasteiger partial charge in [-0.25, -0.2) is 12.8 Å². The summed E-state index contributed by atoms with van der Waals surface area (Å²) in [5, 5.41) is 2.34. The molecule has 4 nitrogen and oxygen atoms in total. The van der Waals surface area contributed by atoms with Gasteiger partial charge in [0.15, 0.2) is 9.84 Å². The molecule has 0 saturated heterocycles. The van der Waals surface area contributed by atoms with Crippen LogP contribution in [0.2, 0.25) is 0 Å². The first-order chi connectivity index (χ1) is 7.74. The van der Waals surface area contributed by atoms with E-state index in [1.165, 1.54) is 26.0 Å². The minimum absolute atomic E-state index is 0.156. The summed E-state index contributed by atoms with van der Waals surface area (Å²) in [6, 6.07) is 3.73. The summed E-state index contributed by atoms with van der Waals surface area (Å²) in [6.45, 7) is 3.04. The molecule has 0 atom stereocenters. The Morgan fingerprint density at radius 1 is 1.35 bits per heavy atom. The third kappa shape index (κ3) is 1.93. The Kier molecular flexibility index (Phi) is 2.50. The lowest BCUT2D eigenvalue weighted by molar-refractivity contribution is -0.122. The van der Waals surface area contributed by atoms with Crippen LogP contribution in [0.3, 0.4) is 0 Å². The van der Waals surface area contributed by atoms with Gasteiger partial charge in [0.1, 0.15) is 5.82 Å². The summed E-state index contributed by atoms with van der Waals surface area (Å²) in [5.41, 5.74) is -1.33. The first kappa shape index (κ1) is 12.0. The van der Waals surface area contributed by atoms with Gasteiger partial charge in [0.25, 0.3) is 0 Å². The summed E-state index contributed by atoms with van der Waals surface area (Å²) < 4.78 is 37.6. The van der Waals surface area contributed by atoms with Gasteiger partial charge in [-0.05, 0) is 12.1 Å². The standard InChI is InChI=1S/C11H12FNO3S/c1-11(2)6-17(15,16)8-5-3-4-7(12)9(8)13-10(11)14/h3-5H,6H2,1-2H3,(H,13,14). The molecule has 0 fully saturated rings. The van der Waals surface area contributed by atoms with Crippen LogP contribution in [-0.2, 0) is 14.6 Å². The van der Waals surface area contributed by atoms with Crippen molar-refractivity contribution < 1.29 is 17.6 Å². The number of sulfone groups is 1. The molecular formula is C11H12FNO3S. The number of benzene rings is 1. The minimum Gasteiger partial charge on any atom is -0.322 e. The maximum Gasteiger partial charge on any atom is 0.231 e. The van der Waals surface area contributed by atoms with Crippen molar-refractivity contribution in [3.63, 3.8) is 0 Å². The molecule has 1 amide bonds. The SMILES string of the molecule is CC1(C)CS(=O)(=O)c2cccc(F)c2NC1=O. The smallest absolute Gasteiger partial charge is 0.231 e. The predicted molar refractivity (Wildman–Crippen MR) is 60.9 cm³/mol. The van der Waals surface area contributed by atoms with Crippen molar-refractivity contribution in [1.82, 2.24) is 0 Å². The molecule has 2 rings (SSSR count). The Morgan fingerprint density at radius 3 is 2.65 bits per heavy atom. The van der Waals surface area contributed by atoms with Crippen LogP contribution < -0.4 is 5.32 Å². The molecule has 1 N–H and O–H groups in total. The maximum atomic E-state index is 13.5. The average Bonchev–Trinajstić information content (AvgIpc) is 2.24. The van der Waals surface area contributed by atoms with Crippen molar-refractivity contribution in [2.45, 2.75) is 18.7 Å². The largest absolute Gasteiger partial charge is 0.322 e. The van der Waals surface area contributed by atoms with Crippen molar-refractivity contribution in [2.24, 2.45) is 5.41 Å². The molecule has 0 unspecified atom stereocenters. The monoisotopic (exact) mass is 257 g/mol. The normalized spacial score (nSPS) is 21.2. The second-order valence-corrected chi connectivity index (χ2v) is 6.67. The van der Waals surface area contributed by atoms with E-state index in [0.717, 1.165) is 6.07 Å². The third-order valence-electron chi connectivity index (χ3n) is 2.71. The van der Waals surface area contributed by atoms with Crippen molar-refractivity contribution in [3.8, 4) is 0 Å². The van der Waals surface area contributed by atoms with E-state index in [0.29, 0.717) is 0 Å². The van der Waals surface area contributed by atoms with E-state index in [4.69, 9.17) is 0 Å². The number of carbonyl (C=O) groups excluding carboxylic acids is 1. The van der Waals surface area contributed by atoms with Crippen molar-refractivity contribution in [3.05, 3.63) is 24.0 Å². The molecule has 0 radical (unpaired) electrons. The third-order valence-corrected chi connectivity index (χ3v) is 4.83. The van der Waals surface area contributed by atoms with Crippen molar-refractivity contribution in [1.29, 1.82) is 0 Å². The average molecular weight is 257 g/mol. The number of halogens is 1. The first-order valence-electron chi connectivity index (χ1n) is 5.07. The number of nitrogens with one attached hydrogen (secondary N) is 1. The summed E-state index contributed by atoms with van der Waals surface area (Å²) in [6.07, 6.45) is 0. The summed E-state index contributed by atoms with van der Waals surface area (Å²) in [5.74, 6) is -1.57. The van der Waals surface area contributed by atoms with Gasteiger partial charge >= 0.3 is 0 Å². The molecule has 0 aromatic heterocycles. The summed E-state index contributed by atoms with van der Waals surface area (Å²) in [4.78, 5) is 11.6. The Bertz CT molecular complexity index is 593. The molecule has 92 valence electrons. The van der Waals surface area contributed by atoms with Gasteiger partial charge < -0.3 is 5.32 Å². The fourth-order valence-corrected chi connectivity index (χ4v) is 3.77. The molecule has 0 saturated carbocycles. The second kappa shape index (κ2) is 3.53. The quantitative estimate of drug-likeness (QED) is 0.767. The Labute approximate surface area is 98.8 Å². The second-order valence-electron chi connectivity index (χ2n) is 4.71. The van der Waals surface area contributed by atoms with Gasteiger partial charge in [-0.3, -0.25) is 4.79 Å². The number of rotatable bonds is 0. The molecule has 1 aromatic rings. The van der Waals surface area contributed by atoms with Crippen LogP contribution in [0.25, 0.3) is 0 Å². The molecule has 1 heterocycles. The number of fused-ring (bicyclic) bond motifs is 1. The number of hydrogen-bond donors (Lipinski definition) is 1. The Balaban J connectivity index is 2.73. The topological polar surface area (TPSA) is 63.2 Å². The van der Waals surface area contributed by atoms with Gasteiger partial charge in [-0.2, -0.15) is 0 Å². The zero-order chi connectivity index (χ0) is 12.8. The number of hydrogen-bond acceptors (Lipinski definition) is 3. The lowest BCUT2D eigenvalue weighted by Gasteiger charge is -2.18. The molecule has 0 aliphatic carbocycles. The number of anilines is 1. The molecular weight excluding hydrogens is 245 g/mol. The van der Waals surface area contributed by atoms with Crippen molar-refractivity contribution in [2.75, 3.05) is 11.1 Å². The van der Waals surface area contributed by atoms with E-state index >= 15 is 0 Å². The summed E-state index contributed by atoms with van der Waals surface area (Å²) in [7, 11) is -3.66. The maximum absolute atomic E-state index is 13.5. The molecule has 1 aromatic carbocycles. The number of para-hydroxylation sites is 1. The van der Waals surface area contributed by atoms with Crippen LogP contribution in [0, 0.1) is 11.2 Å². The van der Waals surface area contributed by atoms with Gasteiger partial charge in [0.2, 0.25) is 5.91 Å². The highest BCUT2D eigenvalue weighted by atomic mass is 32.2. The highest BCUT2D eigenvalue weighted by molar-refractivity contribution is 7.91. The highest BCUT2D eigenvalue weighted by Crippen LogP contribution is 2.34. The Hall–Kier alpha value is -1.43. The zero-order valence-corrected chi connectivity index (χ0v) is 10.3.